The minimum Gasteiger partial charge on any atom is -0.358 e. The molecule has 0 unspecified atom stereocenters. The molecule has 0 heterocycles. The Morgan fingerprint density at radius 1 is 0.960 bits per heavy atom. The summed E-state index contributed by atoms with van der Waals surface area (Å²) in [6.45, 7) is 1.59. The molecule has 0 atom stereocenters. The van der Waals surface area contributed by atoms with Crippen molar-refractivity contribution < 1.29 is 4.79 Å². The molecule has 134 valence electrons. The fourth-order valence-corrected chi connectivity index (χ4v) is 3.33. The number of rotatable bonds is 6. The zero-order valence-corrected chi connectivity index (χ0v) is 15.0. The van der Waals surface area contributed by atoms with E-state index in [0.29, 0.717) is 6.54 Å². The molecule has 0 radical (unpaired) electrons. The van der Waals surface area contributed by atoms with Crippen molar-refractivity contribution in [3.8, 4) is 11.1 Å². The molecular weight excluding hydrogens is 308 g/mol. The monoisotopic (exact) mass is 338 g/mol. The Balaban J connectivity index is 0.000000236. The molecule has 1 saturated carbocycles. The average Bonchev–Trinajstić information content (AvgIpc) is 2.70. The molecule has 0 spiro atoms. The van der Waals surface area contributed by atoms with Gasteiger partial charge in [0.05, 0.1) is 0 Å². The Bertz CT molecular complexity index is 606. The van der Waals surface area contributed by atoms with Crippen LogP contribution in [-0.2, 0) is 11.2 Å². The zero-order chi connectivity index (χ0) is 17.7. The summed E-state index contributed by atoms with van der Waals surface area (Å²) < 4.78 is 0. The molecule has 1 fully saturated rings. The Hall–Kier alpha value is -2.13. The van der Waals surface area contributed by atoms with E-state index in [2.05, 4.69) is 29.6 Å². The van der Waals surface area contributed by atoms with Crippen LogP contribution in [0.1, 0.15) is 37.7 Å². The molecule has 1 aliphatic carbocycles. The van der Waals surface area contributed by atoms with E-state index in [1.165, 1.54) is 48.8 Å². The summed E-state index contributed by atoms with van der Waals surface area (Å²) in [5.74, 6) is 0.865. The van der Waals surface area contributed by atoms with Crippen LogP contribution in [0.4, 0.5) is 0 Å². The molecule has 25 heavy (non-hydrogen) atoms. The van der Waals surface area contributed by atoms with Crippen molar-refractivity contribution in [2.45, 2.75) is 38.5 Å². The molecule has 3 nitrogen and oxygen atoms in total. The molecule has 1 amide bonds. The van der Waals surface area contributed by atoms with Gasteiger partial charge in [0.15, 0.2) is 0 Å². The van der Waals surface area contributed by atoms with Gasteiger partial charge in [-0.05, 0) is 48.4 Å². The minimum absolute atomic E-state index is 0.674. The van der Waals surface area contributed by atoms with Crippen molar-refractivity contribution in [3.05, 3.63) is 60.2 Å². The minimum atomic E-state index is 0.674. The highest BCUT2D eigenvalue weighted by molar-refractivity contribution is 5.67. The van der Waals surface area contributed by atoms with Gasteiger partial charge in [0.1, 0.15) is 0 Å². The fourth-order valence-electron chi connectivity index (χ4n) is 3.33. The molecule has 2 aromatic rings. The largest absolute Gasteiger partial charge is 0.358 e. The van der Waals surface area contributed by atoms with E-state index in [-0.39, 0.29) is 0 Å². The van der Waals surface area contributed by atoms with Crippen molar-refractivity contribution in [3.63, 3.8) is 0 Å². The van der Waals surface area contributed by atoms with E-state index in [9.17, 15) is 4.79 Å². The third-order valence-corrected chi connectivity index (χ3v) is 4.78. The summed E-state index contributed by atoms with van der Waals surface area (Å²) >= 11 is 0. The first-order chi connectivity index (χ1) is 12.3. The number of nitrogens with one attached hydrogen (secondary N) is 1. The van der Waals surface area contributed by atoms with Crippen LogP contribution in [0.5, 0.6) is 0 Å². The number of amides is 1. The lowest BCUT2D eigenvalue weighted by molar-refractivity contribution is -0.109. The Morgan fingerprint density at radius 2 is 1.64 bits per heavy atom. The Morgan fingerprint density at radius 3 is 2.28 bits per heavy atom. The van der Waals surface area contributed by atoms with Gasteiger partial charge in [-0.25, -0.2) is 0 Å². The lowest BCUT2D eigenvalue weighted by Gasteiger charge is -2.18. The third-order valence-electron chi connectivity index (χ3n) is 4.78. The van der Waals surface area contributed by atoms with Gasteiger partial charge in [-0.1, -0.05) is 73.9 Å². The highest BCUT2D eigenvalue weighted by atomic mass is 16.1. The van der Waals surface area contributed by atoms with Crippen LogP contribution in [0.25, 0.3) is 11.1 Å². The summed E-state index contributed by atoms with van der Waals surface area (Å²) in [5.41, 5.74) is 9.21. The molecular formula is C22H30N2O. The second-order valence-corrected chi connectivity index (χ2v) is 6.58. The predicted molar refractivity (Wildman–Crippen MR) is 105 cm³/mol. The van der Waals surface area contributed by atoms with Crippen molar-refractivity contribution in [2.24, 2.45) is 11.7 Å². The number of benzene rings is 2. The van der Waals surface area contributed by atoms with Crippen molar-refractivity contribution in [1.29, 1.82) is 0 Å². The molecule has 0 bridgehead atoms. The highest BCUT2D eigenvalue weighted by Gasteiger charge is 2.10. The van der Waals surface area contributed by atoms with Crippen LogP contribution in [0, 0.1) is 5.92 Å². The summed E-state index contributed by atoms with van der Waals surface area (Å²) in [6.07, 6.45) is 8.64. The summed E-state index contributed by atoms with van der Waals surface area (Å²) in [7, 11) is 0. The van der Waals surface area contributed by atoms with Gasteiger partial charge in [0.2, 0.25) is 6.41 Å². The zero-order valence-electron chi connectivity index (χ0n) is 15.0. The first-order valence-corrected chi connectivity index (χ1v) is 9.35. The molecule has 3 rings (SSSR count). The van der Waals surface area contributed by atoms with Gasteiger partial charge in [0.25, 0.3) is 0 Å². The van der Waals surface area contributed by atoms with Crippen LogP contribution in [-0.4, -0.2) is 19.5 Å². The molecule has 2 aromatic carbocycles. The lowest BCUT2D eigenvalue weighted by Crippen LogP contribution is -2.16. The van der Waals surface area contributed by atoms with Gasteiger partial charge in [-0.3, -0.25) is 4.79 Å². The highest BCUT2D eigenvalue weighted by Crippen LogP contribution is 2.23. The SMILES string of the molecule is NCC1CCCCC1.O=CNCCc1ccccc1-c1ccccc1. The van der Waals surface area contributed by atoms with Crippen LogP contribution >= 0.6 is 0 Å². The Kier molecular flexibility index (Phi) is 8.78. The molecule has 3 N–H and O–H groups in total. The van der Waals surface area contributed by atoms with E-state index in [1.54, 1.807) is 0 Å². The fraction of sp³-hybridized carbons (Fsp3) is 0.409. The van der Waals surface area contributed by atoms with Crippen LogP contribution in [0.2, 0.25) is 0 Å². The predicted octanol–water partition coefficient (Wildman–Crippen LogP) is 4.17. The first-order valence-electron chi connectivity index (χ1n) is 9.35. The van der Waals surface area contributed by atoms with Crippen molar-refractivity contribution in [2.75, 3.05) is 13.1 Å². The smallest absolute Gasteiger partial charge is 0.207 e. The normalized spacial score (nSPS) is 14.3. The van der Waals surface area contributed by atoms with Gasteiger partial charge < -0.3 is 11.1 Å². The van der Waals surface area contributed by atoms with Crippen LogP contribution in [0.15, 0.2) is 54.6 Å². The maximum Gasteiger partial charge on any atom is 0.207 e. The number of carbonyl (C=O) groups excluding carboxylic acids is 1. The van der Waals surface area contributed by atoms with Gasteiger partial charge in [0, 0.05) is 6.54 Å². The number of hydrogen-bond acceptors (Lipinski definition) is 2. The standard InChI is InChI=1S/C15H15NO.C7H15N/c17-12-16-11-10-14-8-4-5-9-15(14)13-6-2-1-3-7-13;8-6-7-4-2-1-3-5-7/h1-9,12H,10-11H2,(H,16,17);7H,1-6,8H2. The second-order valence-electron chi connectivity index (χ2n) is 6.58. The Labute approximate surface area is 151 Å². The average molecular weight is 338 g/mol. The van der Waals surface area contributed by atoms with E-state index < -0.39 is 0 Å². The van der Waals surface area contributed by atoms with Gasteiger partial charge in [-0.2, -0.15) is 0 Å². The van der Waals surface area contributed by atoms with Crippen LogP contribution < -0.4 is 11.1 Å². The van der Waals surface area contributed by atoms with Crippen molar-refractivity contribution >= 4 is 6.41 Å². The molecule has 0 aliphatic heterocycles. The van der Waals surface area contributed by atoms with E-state index in [4.69, 9.17) is 5.73 Å². The quantitative estimate of drug-likeness (QED) is 0.613. The van der Waals surface area contributed by atoms with E-state index in [0.717, 1.165) is 25.3 Å². The van der Waals surface area contributed by atoms with E-state index >= 15 is 0 Å². The summed E-state index contributed by atoms with van der Waals surface area (Å²) in [4.78, 5) is 10.2. The lowest BCUT2D eigenvalue weighted by atomic mass is 9.90. The summed E-state index contributed by atoms with van der Waals surface area (Å²) in [6, 6.07) is 18.6. The third kappa shape index (κ3) is 6.71. The molecule has 1 aliphatic rings. The first kappa shape index (κ1) is 19.2. The van der Waals surface area contributed by atoms with Gasteiger partial charge in [-0.15, -0.1) is 0 Å². The number of nitrogens with two attached hydrogens (primary N) is 1. The maximum absolute atomic E-state index is 10.2. The molecule has 0 aromatic heterocycles. The number of hydrogen-bond donors (Lipinski definition) is 2. The second kappa shape index (κ2) is 11.4. The van der Waals surface area contributed by atoms with Gasteiger partial charge >= 0.3 is 0 Å². The summed E-state index contributed by atoms with van der Waals surface area (Å²) in [5, 5.41) is 2.69. The molecule has 3 heteroatoms. The van der Waals surface area contributed by atoms with Crippen molar-refractivity contribution in [1.82, 2.24) is 5.32 Å². The maximum atomic E-state index is 10.2. The number of carbonyl (C=O) groups is 1. The van der Waals surface area contributed by atoms with Crippen LogP contribution in [0.3, 0.4) is 0 Å². The van der Waals surface area contributed by atoms with E-state index in [1.807, 2.05) is 30.3 Å². The molecule has 0 saturated heterocycles. The topological polar surface area (TPSA) is 55.1 Å².